The molecule has 0 saturated heterocycles. The van der Waals surface area contributed by atoms with Crippen molar-refractivity contribution in [1.29, 1.82) is 0 Å². The highest BCUT2D eigenvalue weighted by atomic mass is 32.2. The summed E-state index contributed by atoms with van der Waals surface area (Å²) in [7, 11) is -3.82. The Morgan fingerprint density at radius 1 is 1.45 bits per heavy atom. The van der Waals surface area contributed by atoms with Gasteiger partial charge in [-0.15, -0.1) is 0 Å². The number of nitro benzene ring substituents is 1. The van der Waals surface area contributed by atoms with E-state index in [1.54, 1.807) is 0 Å². The number of nitrogens with zero attached hydrogens (tertiary/aromatic N) is 2. The highest BCUT2D eigenvalue weighted by molar-refractivity contribution is 7.89. The van der Waals surface area contributed by atoms with Crippen LogP contribution in [0.4, 0.5) is 5.69 Å². The van der Waals surface area contributed by atoms with Crippen molar-refractivity contribution in [2.24, 2.45) is 0 Å². The first-order valence-corrected chi connectivity index (χ1v) is 7.70. The van der Waals surface area contributed by atoms with Crippen LogP contribution >= 0.6 is 0 Å². The maximum absolute atomic E-state index is 12.6. The van der Waals surface area contributed by atoms with Gasteiger partial charge in [-0.3, -0.25) is 10.1 Å². The lowest BCUT2D eigenvalue weighted by atomic mass is 10.2. The number of sulfonamides is 1. The van der Waals surface area contributed by atoms with Crippen LogP contribution in [-0.4, -0.2) is 41.9 Å². The fraction of sp³-hybridized carbons (Fsp3) is 0.500. The average molecular weight is 300 g/mol. The molecule has 0 aliphatic heterocycles. The van der Waals surface area contributed by atoms with Crippen molar-refractivity contribution in [2.75, 3.05) is 13.2 Å². The van der Waals surface area contributed by atoms with Gasteiger partial charge in [0.1, 0.15) is 0 Å². The molecule has 0 bridgehead atoms. The predicted molar refractivity (Wildman–Crippen MR) is 71.8 cm³/mol. The highest BCUT2D eigenvalue weighted by Gasteiger charge is 2.39. The molecule has 1 saturated carbocycles. The van der Waals surface area contributed by atoms with Gasteiger partial charge in [0.2, 0.25) is 10.0 Å². The number of nitro groups is 1. The third kappa shape index (κ3) is 2.67. The Hall–Kier alpha value is -1.51. The van der Waals surface area contributed by atoms with E-state index in [4.69, 9.17) is 5.11 Å². The molecule has 0 unspecified atom stereocenters. The van der Waals surface area contributed by atoms with E-state index < -0.39 is 14.9 Å². The summed E-state index contributed by atoms with van der Waals surface area (Å²) in [6, 6.07) is 3.90. The zero-order valence-corrected chi connectivity index (χ0v) is 11.8. The molecule has 0 aromatic heterocycles. The fourth-order valence-electron chi connectivity index (χ4n) is 2.17. The highest BCUT2D eigenvalue weighted by Crippen LogP contribution is 2.34. The normalized spacial score (nSPS) is 15.6. The van der Waals surface area contributed by atoms with Crippen molar-refractivity contribution in [3.05, 3.63) is 33.9 Å². The predicted octanol–water partition coefficient (Wildman–Crippen LogP) is 1.05. The van der Waals surface area contributed by atoms with E-state index in [-0.39, 0.29) is 35.3 Å². The van der Waals surface area contributed by atoms with Crippen LogP contribution in [0.15, 0.2) is 23.1 Å². The first-order valence-electron chi connectivity index (χ1n) is 6.26. The SMILES string of the molecule is Cc1c([N+](=O)[O-])cccc1S(=O)(=O)N(CCO)C1CC1. The number of hydrogen-bond acceptors (Lipinski definition) is 5. The molecule has 0 atom stereocenters. The molecule has 1 aromatic carbocycles. The Morgan fingerprint density at radius 3 is 2.60 bits per heavy atom. The van der Waals surface area contributed by atoms with Crippen LogP contribution in [0.25, 0.3) is 0 Å². The van der Waals surface area contributed by atoms with Crippen LogP contribution in [0.2, 0.25) is 0 Å². The smallest absolute Gasteiger partial charge is 0.273 e. The van der Waals surface area contributed by atoms with Crippen LogP contribution in [-0.2, 0) is 10.0 Å². The standard InChI is InChI=1S/C12H16N2O5S/c1-9-11(14(16)17)3-2-4-12(9)20(18,19)13(7-8-15)10-5-6-10/h2-4,10,15H,5-8H2,1H3. The summed E-state index contributed by atoms with van der Waals surface area (Å²) in [4.78, 5) is 10.2. The van der Waals surface area contributed by atoms with E-state index >= 15 is 0 Å². The first kappa shape index (κ1) is 14.9. The van der Waals surface area contributed by atoms with Crippen LogP contribution in [0.1, 0.15) is 18.4 Å². The molecule has 0 spiro atoms. The second kappa shape index (κ2) is 5.47. The van der Waals surface area contributed by atoms with E-state index in [1.807, 2.05) is 0 Å². The molecule has 0 radical (unpaired) electrons. The maximum Gasteiger partial charge on any atom is 0.273 e. The molecule has 7 nitrogen and oxygen atoms in total. The van der Waals surface area contributed by atoms with Crippen molar-refractivity contribution < 1.29 is 18.4 Å². The summed E-state index contributed by atoms with van der Waals surface area (Å²) < 4.78 is 26.4. The summed E-state index contributed by atoms with van der Waals surface area (Å²) in [5, 5.41) is 19.9. The van der Waals surface area contributed by atoms with Gasteiger partial charge in [-0.2, -0.15) is 4.31 Å². The number of rotatable bonds is 6. The zero-order chi connectivity index (χ0) is 14.9. The van der Waals surface area contributed by atoms with Gasteiger partial charge in [0.25, 0.3) is 5.69 Å². The molecule has 110 valence electrons. The molecule has 1 fully saturated rings. The van der Waals surface area contributed by atoms with Crippen LogP contribution in [0.5, 0.6) is 0 Å². The largest absolute Gasteiger partial charge is 0.395 e. The number of hydrogen-bond donors (Lipinski definition) is 1. The lowest BCUT2D eigenvalue weighted by molar-refractivity contribution is -0.385. The molecule has 0 heterocycles. The lowest BCUT2D eigenvalue weighted by Gasteiger charge is -2.21. The Bertz CT molecular complexity index is 625. The van der Waals surface area contributed by atoms with Crippen molar-refractivity contribution in [2.45, 2.75) is 30.7 Å². The van der Waals surface area contributed by atoms with E-state index in [9.17, 15) is 18.5 Å². The summed E-state index contributed by atoms with van der Waals surface area (Å²) in [6.07, 6.45) is 1.51. The Labute approximate surface area is 117 Å². The lowest BCUT2D eigenvalue weighted by Crippen LogP contribution is -2.35. The Morgan fingerprint density at radius 2 is 2.10 bits per heavy atom. The van der Waals surface area contributed by atoms with Gasteiger partial charge in [-0.05, 0) is 25.8 Å². The summed E-state index contributed by atoms with van der Waals surface area (Å²) >= 11 is 0. The molecule has 1 N–H and O–H groups in total. The monoisotopic (exact) mass is 300 g/mol. The van der Waals surface area contributed by atoms with Crippen LogP contribution in [0.3, 0.4) is 0 Å². The van der Waals surface area contributed by atoms with Crippen molar-refractivity contribution in [1.82, 2.24) is 4.31 Å². The molecule has 20 heavy (non-hydrogen) atoms. The van der Waals surface area contributed by atoms with Crippen molar-refractivity contribution in [3.63, 3.8) is 0 Å². The van der Waals surface area contributed by atoms with E-state index in [0.717, 1.165) is 12.8 Å². The number of aliphatic hydroxyl groups is 1. The molecule has 8 heteroatoms. The Balaban J connectivity index is 2.48. The molecule has 1 aliphatic carbocycles. The Kier molecular flexibility index (Phi) is 4.07. The fourth-order valence-corrected chi connectivity index (χ4v) is 4.09. The van der Waals surface area contributed by atoms with Gasteiger partial charge < -0.3 is 5.11 Å². The molecule has 1 aliphatic rings. The first-order chi connectivity index (χ1) is 9.39. The average Bonchev–Trinajstić information content (AvgIpc) is 3.19. The summed E-state index contributed by atoms with van der Waals surface area (Å²) in [5.41, 5.74) is -0.0908. The molecular weight excluding hydrogens is 284 g/mol. The second-order valence-corrected chi connectivity index (χ2v) is 6.59. The second-order valence-electron chi connectivity index (χ2n) is 4.73. The number of benzene rings is 1. The van der Waals surface area contributed by atoms with Gasteiger partial charge in [0.15, 0.2) is 0 Å². The van der Waals surface area contributed by atoms with E-state index in [2.05, 4.69) is 0 Å². The maximum atomic E-state index is 12.6. The topological polar surface area (TPSA) is 101 Å². The number of aliphatic hydroxyl groups excluding tert-OH is 1. The van der Waals surface area contributed by atoms with Gasteiger partial charge in [-0.25, -0.2) is 8.42 Å². The van der Waals surface area contributed by atoms with Gasteiger partial charge >= 0.3 is 0 Å². The van der Waals surface area contributed by atoms with Crippen molar-refractivity contribution >= 4 is 15.7 Å². The van der Waals surface area contributed by atoms with Gasteiger partial charge in [0.05, 0.1) is 16.4 Å². The van der Waals surface area contributed by atoms with E-state index in [0.29, 0.717) is 0 Å². The summed E-state index contributed by atoms with van der Waals surface area (Å²) in [6.45, 7) is 1.16. The minimum atomic E-state index is -3.82. The van der Waals surface area contributed by atoms with Crippen molar-refractivity contribution in [3.8, 4) is 0 Å². The zero-order valence-electron chi connectivity index (χ0n) is 11.0. The third-order valence-corrected chi connectivity index (χ3v) is 5.41. The molecule has 2 rings (SSSR count). The minimum Gasteiger partial charge on any atom is -0.395 e. The van der Waals surface area contributed by atoms with Gasteiger partial charge in [-0.1, -0.05) is 6.07 Å². The quantitative estimate of drug-likeness (QED) is 0.625. The minimum absolute atomic E-state index is 0.00906. The third-order valence-electron chi connectivity index (χ3n) is 3.31. The van der Waals surface area contributed by atoms with Gasteiger partial charge in [0, 0.05) is 24.2 Å². The van der Waals surface area contributed by atoms with Crippen LogP contribution in [0, 0.1) is 17.0 Å². The van der Waals surface area contributed by atoms with E-state index in [1.165, 1.54) is 29.4 Å². The van der Waals surface area contributed by atoms with Crippen LogP contribution < -0.4 is 0 Å². The molecule has 1 aromatic rings. The summed E-state index contributed by atoms with van der Waals surface area (Å²) in [5.74, 6) is 0. The molecular formula is C12H16N2O5S. The molecule has 0 amide bonds.